The highest BCUT2D eigenvalue weighted by atomic mass is 79.9. The quantitative estimate of drug-likeness (QED) is 0.679. The van der Waals surface area contributed by atoms with Crippen molar-refractivity contribution in [1.82, 2.24) is 9.80 Å². The summed E-state index contributed by atoms with van der Waals surface area (Å²) in [6, 6.07) is 0. The van der Waals surface area contributed by atoms with Crippen LogP contribution >= 0.6 is 15.9 Å². The number of carbonyl (C=O) groups excluding carboxylic acids is 2. The van der Waals surface area contributed by atoms with Crippen LogP contribution in [0, 0.1) is 0 Å². The van der Waals surface area contributed by atoms with E-state index in [4.69, 9.17) is 0 Å². The standard InChI is InChI=1S/C9H15BrN2O2/c1-3-7(10)9(14)12-5-4-11(2)8(13)6-12/h7H,3-6H2,1-2H3. The number of likely N-dealkylation sites (N-methyl/N-ethyl adjacent to an activating group) is 1. The average Bonchev–Trinajstić information content (AvgIpc) is 2.20. The van der Waals surface area contributed by atoms with Gasteiger partial charge in [0.25, 0.3) is 0 Å². The topological polar surface area (TPSA) is 40.6 Å². The second kappa shape index (κ2) is 4.77. The minimum atomic E-state index is -0.154. The molecule has 0 radical (unpaired) electrons. The van der Waals surface area contributed by atoms with E-state index < -0.39 is 0 Å². The Labute approximate surface area is 92.4 Å². The van der Waals surface area contributed by atoms with Crippen molar-refractivity contribution < 1.29 is 9.59 Å². The largest absolute Gasteiger partial charge is 0.342 e. The van der Waals surface area contributed by atoms with Crippen molar-refractivity contribution in [3.8, 4) is 0 Å². The Balaban J connectivity index is 2.54. The van der Waals surface area contributed by atoms with Crippen LogP contribution in [-0.4, -0.2) is 53.1 Å². The number of piperazine rings is 1. The molecule has 0 aromatic rings. The monoisotopic (exact) mass is 262 g/mol. The fourth-order valence-electron chi connectivity index (χ4n) is 1.32. The molecule has 1 unspecified atom stereocenters. The number of alkyl halides is 1. The van der Waals surface area contributed by atoms with E-state index in [0.29, 0.717) is 13.1 Å². The van der Waals surface area contributed by atoms with Crippen LogP contribution in [0.1, 0.15) is 13.3 Å². The molecule has 1 saturated heterocycles. The van der Waals surface area contributed by atoms with Gasteiger partial charge in [0, 0.05) is 20.1 Å². The zero-order valence-electron chi connectivity index (χ0n) is 8.49. The molecule has 0 spiro atoms. The fraction of sp³-hybridized carbons (Fsp3) is 0.778. The van der Waals surface area contributed by atoms with E-state index in [2.05, 4.69) is 15.9 Å². The molecule has 1 heterocycles. The van der Waals surface area contributed by atoms with E-state index in [1.165, 1.54) is 0 Å². The van der Waals surface area contributed by atoms with E-state index in [1.54, 1.807) is 16.8 Å². The number of amides is 2. The second-order valence-electron chi connectivity index (χ2n) is 3.45. The molecule has 1 atom stereocenters. The highest BCUT2D eigenvalue weighted by Crippen LogP contribution is 2.11. The highest BCUT2D eigenvalue weighted by molar-refractivity contribution is 9.10. The van der Waals surface area contributed by atoms with E-state index in [9.17, 15) is 9.59 Å². The number of halogens is 1. The molecule has 80 valence electrons. The molecule has 0 saturated carbocycles. The summed E-state index contributed by atoms with van der Waals surface area (Å²) in [6.45, 7) is 3.43. The van der Waals surface area contributed by atoms with Gasteiger partial charge in [0.2, 0.25) is 11.8 Å². The normalized spacial score (nSPS) is 19.8. The third-order valence-corrected chi connectivity index (χ3v) is 3.43. The lowest BCUT2D eigenvalue weighted by atomic mass is 10.2. The molecule has 0 aliphatic carbocycles. The van der Waals surface area contributed by atoms with Crippen molar-refractivity contribution in [2.45, 2.75) is 18.2 Å². The van der Waals surface area contributed by atoms with Crippen LogP contribution in [0.25, 0.3) is 0 Å². The molecule has 1 aliphatic rings. The van der Waals surface area contributed by atoms with Gasteiger partial charge in [-0.2, -0.15) is 0 Å². The van der Waals surface area contributed by atoms with Gasteiger partial charge in [-0.05, 0) is 6.42 Å². The molecule has 4 nitrogen and oxygen atoms in total. The van der Waals surface area contributed by atoms with Crippen molar-refractivity contribution in [2.24, 2.45) is 0 Å². The van der Waals surface area contributed by atoms with Crippen LogP contribution in [0.3, 0.4) is 0 Å². The predicted molar refractivity (Wildman–Crippen MR) is 57.2 cm³/mol. The minimum Gasteiger partial charge on any atom is -0.342 e. The maximum Gasteiger partial charge on any atom is 0.241 e. The zero-order valence-corrected chi connectivity index (χ0v) is 10.1. The number of carbonyl (C=O) groups is 2. The summed E-state index contributed by atoms with van der Waals surface area (Å²) >= 11 is 3.30. The third-order valence-electron chi connectivity index (χ3n) is 2.40. The van der Waals surface area contributed by atoms with Gasteiger partial charge in [0.1, 0.15) is 0 Å². The molecule has 1 fully saturated rings. The van der Waals surface area contributed by atoms with E-state index in [1.807, 2.05) is 6.92 Å². The Kier molecular flexibility index (Phi) is 3.92. The number of rotatable bonds is 2. The Morgan fingerprint density at radius 1 is 1.57 bits per heavy atom. The number of hydrogen-bond acceptors (Lipinski definition) is 2. The van der Waals surface area contributed by atoms with Gasteiger partial charge in [-0.1, -0.05) is 22.9 Å². The molecule has 0 aromatic carbocycles. The summed E-state index contributed by atoms with van der Waals surface area (Å²) in [5.41, 5.74) is 0. The van der Waals surface area contributed by atoms with Gasteiger partial charge in [-0.15, -0.1) is 0 Å². The van der Waals surface area contributed by atoms with Crippen molar-refractivity contribution in [3.05, 3.63) is 0 Å². The molecule has 0 aromatic heterocycles. The summed E-state index contributed by atoms with van der Waals surface area (Å²) < 4.78 is 0. The molecular weight excluding hydrogens is 248 g/mol. The highest BCUT2D eigenvalue weighted by Gasteiger charge is 2.27. The van der Waals surface area contributed by atoms with E-state index in [0.717, 1.165) is 6.42 Å². The van der Waals surface area contributed by atoms with Crippen LogP contribution in [-0.2, 0) is 9.59 Å². The first-order valence-corrected chi connectivity index (χ1v) is 5.64. The lowest BCUT2D eigenvalue weighted by Crippen LogP contribution is -2.52. The fourth-order valence-corrected chi connectivity index (χ4v) is 1.61. The predicted octanol–water partition coefficient (Wildman–Crippen LogP) is 0.460. The van der Waals surface area contributed by atoms with Crippen LogP contribution in [0.15, 0.2) is 0 Å². The SMILES string of the molecule is CCC(Br)C(=O)N1CCN(C)C(=O)C1. The third kappa shape index (κ3) is 2.47. The lowest BCUT2D eigenvalue weighted by Gasteiger charge is -2.32. The molecule has 1 aliphatic heterocycles. The molecule has 14 heavy (non-hydrogen) atoms. The van der Waals surface area contributed by atoms with Gasteiger partial charge in [0.05, 0.1) is 11.4 Å². The van der Waals surface area contributed by atoms with E-state index >= 15 is 0 Å². The van der Waals surface area contributed by atoms with Gasteiger partial charge in [-0.3, -0.25) is 9.59 Å². The Morgan fingerprint density at radius 3 is 2.71 bits per heavy atom. The minimum absolute atomic E-state index is 0.0143. The molecule has 2 amide bonds. The lowest BCUT2D eigenvalue weighted by molar-refractivity contribution is -0.143. The molecule has 1 rings (SSSR count). The van der Waals surface area contributed by atoms with Crippen molar-refractivity contribution >= 4 is 27.7 Å². The Morgan fingerprint density at radius 2 is 2.21 bits per heavy atom. The second-order valence-corrected chi connectivity index (χ2v) is 4.56. The summed E-state index contributed by atoms with van der Waals surface area (Å²) in [6.07, 6.45) is 0.749. The molecule has 0 bridgehead atoms. The van der Waals surface area contributed by atoms with Gasteiger partial charge in [0.15, 0.2) is 0 Å². The van der Waals surface area contributed by atoms with Gasteiger partial charge >= 0.3 is 0 Å². The molecule has 0 N–H and O–H groups in total. The maximum atomic E-state index is 11.7. The van der Waals surface area contributed by atoms with Crippen molar-refractivity contribution in [3.63, 3.8) is 0 Å². The Hall–Kier alpha value is -0.580. The summed E-state index contributed by atoms with van der Waals surface area (Å²) in [7, 11) is 1.76. The zero-order chi connectivity index (χ0) is 10.7. The van der Waals surface area contributed by atoms with Crippen LogP contribution < -0.4 is 0 Å². The van der Waals surface area contributed by atoms with Crippen LogP contribution in [0.2, 0.25) is 0 Å². The summed E-state index contributed by atoms with van der Waals surface area (Å²) in [5.74, 6) is 0.0364. The number of hydrogen-bond donors (Lipinski definition) is 0. The first kappa shape index (κ1) is 11.5. The Bertz CT molecular complexity index is 245. The smallest absolute Gasteiger partial charge is 0.241 e. The van der Waals surface area contributed by atoms with Crippen molar-refractivity contribution in [2.75, 3.05) is 26.7 Å². The van der Waals surface area contributed by atoms with Crippen LogP contribution in [0.4, 0.5) is 0 Å². The maximum absolute atomic E-state index is 11.7. The molecular formula is C9H15BrN2O2. The first-order chi connectivity index (χ1) is 6.56. The number of nitrogens with zero attached hydrogens (tertiary/aromatic N) is 2. The van der Waals surface area contributed by atoms with Crippen LogP contribution in [0.5, 0.6) is 0 Å². The van der Waals surface area contributed by atoms with Gasteiger partial charge < -0.3 is 9.80 Å². The first-order valence-electron chi connectivity index (χ1n) is 4.73. The average molecular weight is 263 g/mol. The summed E-state index contributed by atoms with van der Waals surface area (Å²) in [4.78, 5) is 26.1. The molecule has 5 heteroatoms. The van der Waals surface area contributed by atoms with Crippen molar-refractivity contribution in [1.29, 1.82) is 0 Å². The van der Waals surface area contributed by atoms with E-state index in [-0.39, 0.29) is 23.2 Å². The van der Waals surface area contributed by atoms with Gasteiger partial charge in [-0.25, -0.2) is 0 Å². The summed E-state index contributed by atoms with van der Waals surface area (Å²) in [5, 5.41) is 0.